The number of hydrogen-bond donors (Lipinski definition) is 0. The summed E-state index contributed by atoms with van der Waals surface area (Å²) in [6.07, 6.45) is 13.4. The first-order chi connectivity index (χ1) is 18.7. The summed E-state index contributed by atoms with van der Waals surface area (Å²) in [7, 11) is 0. The molecule has 0 aromatic heterocycles. The van der Waals surface area contributed by atoms with E-state index in [1.54, 1.807) is 0 Å². The molecule has 4 nitrogen and oxygen atoms in total. The highest BCUT2D eigenvalue weighted by molar-refractivity contribution is 5.73. The van der Waals surface area contributed by atoms with Gasteiger partial charge in [0, 0.05) is 12.3 Å². The third-order valence-corrected chi connectivity index (χ3v) is 6.70. The average Bonchev–Trinajstić information content (AvgIpc) is 2.95. The Kier molecular flexibility index (Phi) is 11.5. The topological polar surface area (TPSA) is 52.6 Å². The minimum absolute atomic E-state index is 0.230. The van der Waals surface area contributed by atoms with E-state index in [4.69, 9.17) is 9.47 Å². The molecule has 0 fully saturated rings. The molecule has 4 heteroatoms. The highest BCUT2D eigenvalue weighted by Gasteiger charge is 2.22. The smallest absolute Gasteiger partial charge is 0.309 e. The van der Waals surface area contributed by atoms with Gasteiger partial charge in [0.1, 0.15) is 0 Å². The zero-order valence-corrected chi connectivity index (χ0v) is 23.7. The number of esters is 2. The molecular weight excluding hydrogens is 484 g/mol. The summed E-state index contributed by atoms with van der Waals surface area (Å²) < 4.78 is 10.3. The maximum Gasteiger partial charge on any atom is 0.309 e. The first-order valence-electron chi connectivity index (χ1n) is 13.9. The van der Waals surface area contributed by atoms with Gasteiger partial charge in [-0.05, 0) is 60.8 Å². The van der Waals surface area contributed by atoms with Crippen LogP contribution in [0.4, 0.5) is 0 Å². The Balaban J connectivity index is 0.000000268. The second kappa shape index (κ2) is 15.1. The van der Waals surface area contributed by atoms with Crippen molar-refractivity contribution < 1.29 is 19.1 Å². The lowest BCUT2D eigenvalue weighted by Gasteiger charge is -2.23. The molecule has 4 rings (SSSR count). The summed E-state index contributed by atoms with van der Waals surface area (Å²) in [5.41, 5.74) is 7.42. The number of hydrogen-bond acceptors (Lipinski definition) is 4. The molecule has 2 aliphatic carbocycles. The van der Waals surface area contributed by atoms with E-state index in [0.717, 1.165) is 25.7 Å². The molecule has 0 heterocycles. The van der Waals surface area contributed by atoms with Crippen LogP contribution in [0.2, 0.25) is 0 Å². The second-order valence-corrected chi connectivity index (χ2v) is 11.0. The molecule has 0 radical (unpaired) electrons. The van der Waals surface area contributed by atoms with Crippen molar-refractivity contribution in [2.75, 3.05) is 13.2 Å². The second-order valence-electron chi connectivity index (χ2n) is 11.0. The van der Waals surface area contributed by atoms with Crippen molar-refractivity contribution in [3.8, 4) is 0 Å². The average molecular weight is 527 g/mol. The van der Waals surface area contributed by atoms with Gasteiger partial charge in [-0.2, -0.15) is 0 Å². The minimum Gasteiger partial charge on any atom is -0.465 e. The number of ether oxygens (including phenoxy) is 2. The van der Waals surface area contributed by atoms with Crippen molar-refractivity contribution in [3.05, 3.63) is 108 Å². The number of benzene rings is 2. The largest absolute Gasteiger partial charge is 0.465 e. The first-order valence-corrected chi connectivity index (χ1v) is 13.9. The fourth-order valence-electron chi connectivity index (χ4n) is 4.56. The summed E-state index contributed by atoms with van der Waals surface area (Å²) in [5, 5.41) is 0. The van der Waals surface area contributed by atoms with Gasteiger partial charge in [0.25, 0.3) is 0 Å². The van der Waals surface area contributed by atoms with Crippen LogP contribution in [0.3, 0.4) is 0 Å². The highest BCUT2D eigenvalue weighted by atomic mass is 16.5. The molecule has 0 spiro atoms. The van der Waals surface area contributed by atoms with E-state index in [1.165, 1.54) is 53.2 Å². The fraction of sp³-hybridized carbons (Fsp3) is 0.371. The standard InChI is InChI=1S/C22H28O4.C13H14/c1-17(23)25-15-22(2,3)16-26-21(24)13-12-18-8-7-11-20(14-18)19-9-5-4-6-10-19;1-11-6-5-9-13(10-11)12-7-3-2-4-8-12/h4-6,9-10,12,14H,7-8,11,13,15-16H2,1-3H3;2-4,7-8,10H,1,5-6,9H2/b18-12+;. The Labute approximate surface area is 234 Å². The molecular formula is C35H42O4. The van der Waals surface area contributed by atoms with Crippen molar-refractivity contribution in [2.45, 2.75) is 65.7 Å². The van der Waals surface area contributed by atoms with Crippen molar-refractivity contribution >= 4 is 23.1 Å². The predicted octanol–water partition coefficient (Wildman–Crippen LogP) is 8.51. The number of allylic oxidation sites excluding steroid dienone is 6. The molecule has 0 amide bonds. The molecule has 0 saturated carbocycles. The molecule has 0 atom stereocenters. The monoisotopic (exact) mass is 526 g/mol. The van der Waals surface area contributed by atoms with E-state index in [2.05, 4.69) is 61.2 Å². The first kappa shape index (κ1) is 29.9. The van der Waals surface area contributed by atoms with E-state index < -0.39 is 0 Å². The normalized spacial score (nSPS) is 16.4. The third-order valence-electron chi connectivity index (χ3n) is 6.70. The van der Waals surface area contributed by atoms with Crippen LogP contribution in [0, 0.1) is 5.41 Å². The zero-order chi connectivity index (χ0) is 28.1. The van der Waals surface area contributed by atoms with Gasteiger partial charge in [0.15, 0.2) is 0 Å². The number of carbonyl (C=O) groups excluding carboxylic acids is 2. The molecule has 2 aliphatic rings. The summed E-state index contributed by atoms with van der Waals surface area (Å²) in [5.74, 6) is -0.582. The van der Waals surface area contributed by atoms with Crippen LogP contribution in [0.1, 0.15) is 76.8 Å². The van der Waals surface area contributed by atoms with Crippen molar-refractivity contribution in [2.24, 2.45) is 5.41 Å². The van der Waals surface area contributed by atoms with Gasteiger partial charge in [0.2, 0.25) is 0 Å². The molecule has 2 aromatic rings. The Hall–Kier alpha value is -3.66. The van der Waals surface area contributed by atoms with Crippen molar-refractivity contribution in [1.29, 1.82) is 0 Å². The maximum absolute atomic E-state index is 12.0. The Morgan fingerprint density at radius 3 is 1.90 bits per heavy atom. The molecule has 0 saturated heterocycles. The van der Waals surface area contributed by atoms with Crippen LogP contribution < -0.4 is 0 Å². The molecule has 2 aromatic carbocycles. The van der Waals surface area contributed by atoms with E-state index in [0.29, 0.717) is 0 Å². The van der Waals surface area contributed by atoms with Gasteiger partial charge in [-0.25, -0.2) is 0 Å². The zero-order valence-electron chi connectivity index (χ0n) is 23.7. The Bertz CT molecular complexity index is 1200. The van der Waals surface area contributed by atoms with Gasteiger partial charge in [-0.3, -0.25) is 9.59 Å². The third kappa shape index (κ3) is 10.9. The maximum atomic E-state index is 12.0. The van der Waals surface area contributed by atoms with E-state index in [9.17, 15) is 9.59 Å². The van der Waals surface area contributed by atoms with E-state index in [1.807, 2.05) is 38.1 Å². The lowest BCUT2D eigenvalue weighted by molar-refractivity contribution is -0.150. The van der Waals surface area contributed by atoms with Crippen LogP contribution >= 0.6 is 0 Å². The quantitative estimate of drug-likeness (QED) is 0.324. The predicted molar refractivity (Wildman–Crippen MR) is 160 cm³/mol. The van der Waals surface area contributed by atoms with Gasteiger partial charge < -0.3 is 9.47 Å². The molecule has 0 unspecified atom stereocenters. The summed E-state index contributed by atoms with van der Waals surface area (Å²) in [6, 6.07) is 20.9. The molecule has 0 N–H and O–H groups in total. The number of carbonyl (C=O) groups is 2. The molecule has 206 valence electrons. The SMILES string of the molecule is C=C1C=C(c2ccccc2)CCC1.CC(=O)OCC(C)(C)COC(=O)C/C=C1/C=C(c2ccccc2)CCC1. The van der Waals surface area contributed by atoms with Crippen molar-refractivity contribution in [1.82, 2.24) is 0 Å². The Morgan fingerprint density at radius 2 is 1.33 bits per heavy atom. The molecule has 0 bridgehead atoms. The van der Waals surface area contributed by atoms with Crippen molar-refractivity contribution in [3.63, 3.8) is 0 Å². The van der Waals surface area contributed by atoms with Gasteiger partial charge in [0.05, 0.1) is 19.6 Å². The van der Waals surface area contributed by atoms with Crippen LogP contribution in [-0.4, -0.2) is 25.2 Å². The van der Waals surface area contributed by atoms with Crippen LogP contribution in [0.15, 0.2) is 96.6 Å². The van der Waals surface area contributed by atoms with E-state index >= 15 is 0 Å². The lowest BCUT2D eigenvalue weighted by atomic mass is 9.90. The molecule has 39 heavy (non-hydrogen) atoms. The van der Waals surface area contributed by atoms with Gasteiger partial charge in [-0.1, -0.05) is 110 Å². The lowest BCUT2D eigenvalue weighted by Crippen LogP contribution is -2.28. The van der Waals surface area contributed by atoms with Crippen LogP contribution in [-0.2, 0) is 19.1 Å². The van der Waals surface area contributed by atoms with Crippen LogP contribution in [0.25, 0.3) is 11.1 Å². The fourth-order valence-corrected chi connectivity index (χ4v) is 4.56. The molecule has 0 aliphatic heterocycles. The summed E-state index contributed by atoms with van der Waals surface area (Å²) in [6.45, 7) is 9.65. The summed E-state index contributed by atoms with van der Waals surface area (Å²) >= 11 is 0. The summed E-state index contributed by atoms with van der Waals surface area (Å²) in [4.78, 5) is 22.9. The van der Waals surface area contributed by atoms with E-state index in [-0.39, 0.29) is 37.0 Å². The Morgan fingerprint density at radius 1 is 0.795 bits per heavy atom. The minimum atomic E-state index is -0.389. The van der Waals surface area contributed by atoms with Gasteiger partial charge >= 0.3 is 11.9 Å². The highest BCUT2D eigenvalue weighted by Crippen LogP contribution is 2.30. The number of rotatable bonds is 8. The van der Waals surface area contributed by atoms with Gasteiger partial charge in [-0.15, -0.1) is 0 Å². The van der Waals surface area contributed by atoms with Crippen LogP contribution in [0.5, 0.6) is 0 Å².